The van der Waals surface area contributed by atoms with Crippen LogP contribution in [-0.2, 0) is 11.8 Å². The third-order valence-corrected chi connectivity index (χ3v) is 5.46. The highest BCUT2D eigenvalue weighted by Crippen LogP contribution is 2.27. The highest BCUT2D eigenvalue weighted by Gasteiger charge is 2.14. The second-order valence-electron chi connectivity index (χ2n) is 4.58. The van der Waals surface area contributed by atoms with Crippen LogP contribution in [0.2, 0.25) is 0 Å². The predicted molar refractivity (Wildman–Crippen MR) is 91.6 cm³/mol. The molecule has 0 fully saturated rings. The van der Waals surface area contributed by atoms with E-state index in [2.05, 4.69) is 18.9 Å². The molecule has 1 aromatic rings. The summed E-state index contributed by atoms with van der Waals surface area (Å²) in [4.78, 5) is 0. The standard InChI is InChI=1S/C15H24N2OPS/c1-4-6-12-19(20)17(3)16-13-14-7-9-15(10-8-14)18-11-5-2/h7-10,13H,4-6,11-12H2,1-3H3/q+1/b16-13+. The molecule has 5 heteroatoms. The van der Waals surface area contributed by atoms with Crippen molar-refractivity contribution in [2.24, 2.45) is 5.10 Å². The van der Waals surface area contributed by atoms with Crippen molar-refractivity contribution in [3.8, 4) is 5.75 Å². The maximum Gasteiger partial charge on any atom is 0.310 e. The molecule has 0 bridgehead atoms. The Balaban J connectivity index is 2.50. The Morgan fingerprint density at radius 1 is 1.25 bits per heavy atom. The van der Waals surface area contributed by atoms with Gasteiger partial charge in [-0.05, 0) is 42.7 Å². The lowest BCUT2D eigenvalue weighted by Gasteiger charge is -2.04. The van der Waals surface area contributed by atoms with Crippen LogP contribution < -0.4 is 4.74 Å². The van der Waals surface area contributed by atoms with Gasteiger partial charge in [0.1, 0.15) is 11.9 Å². The zero-order valence-electron chi connectivity index (χ0n) is 12.6. The zero-order valence-corrected chi connectivity index (χ0v) is 14.3. The summed E-state index contributed by atoms with van der Waals surface area (Å²) in [7, 11) is 1.96. The Labute approximate surface area is 128 Å². The number of unbranched alkanes of at least 4 members (excludes halogenated alkanes) is 1. The quantitative estimate of drug-likeness (QED) is 0.384. The molecule has 0 saturated carbocycles. The minimum Gasteiger partial charge on any atom is -0.494 e. The molecule has 0 aliphatic rings. The molecule has 0 aliphatic heterocycles. The molecule has 0 radical (unpaired) electrons. The first-order chi connectivity index (χ1) is 9.67. The van der Waals surface area contributed by atoms with Crippen LogP contribution in [0.1, 0.15) is 38.7 Å². The Kier molecular flexibility index (Phi) is 8.40. The fourth-order valence-corrected chi connectivity index (χ4v) is 3.07. The van der Waals surface area contributed by atoms with Gasteiger partial charge in [-0.3, -0.25) is 0 Å². The third-order valence-electron chi connectivity index (χ3n) is 2.75. The number of hydrazone groups is 1. The van der Waals surface area contributed by atoms with Gasteiger partial charge in [0.2, 0.25) is 0 Å². The molecule has 3 nitrogen and oxygen atoms in total. The van der Waals surface area contributed by atoms with Crippen molar-refractivity contribution in [2.75, 3.05) is 19.8 Å². The number of hydrogen-bond acceptors (Lipinski definition) is 3. The molecule has 1 aromatic carbocycles. The highest BCUT2D eigenvalue weighted by atomic mass is 32.4. The van der Waals surface area contributed by atoms with E-state index < -0.39 is 6.85 Å². The Morgan fingerprint density at radius 3 is 2.55 bits per heavy atom. The van der Waals surface area contributed by atoms with E-state index in [0.717, 1.165) is 30.5 Å². The number of ether oxygens (including phenoxy) is 1. The van der Waals surface area contributed by atoms with Gasteiger partial charge in [-0.2, -0.15) is 0 Å². The van der Waals surface area contributed by atoms with Crippen molar-refractivity contribution < 1.29 is 4.74 Å². The summed E-state index contributed by atoms with van der Waals surface area (Å²) in [5.41, 5.74) is 1.06. The lowest BCUT2D eigenvalue weighted by molar-refractivity contribution is 0.317. The molecule has 0 aliphatic carbocycles. The van der Waals surface area contributed by atoms with Gasteiger partial charge in [0.25, 0.3) is 0 Å². The van der Waals surface area contributed by atoms with Gasteiger partial charge in [-0.25, -0.2) is 0 Å². The summed E-state index contributed by atoms with van der Waals surface area (Å²) in [5.74, 6) is 0.908. The summed E-state index contributed by atoms with van der Waals surface area (Å²) >= 11 is 5.47. The number of nitrogens with zero attached hydrogens (tertiary/aromatic N) is 2. The van der Waals surface area contributed by atoms with Crippen molar-refractivity contribution in [3.05, 3.63) is 29.8 Å². The van der Waals surface area contributed by atoms with Crippen molar-refractivity contribution in [1.29, 1.82) is 0 Å². The summed E-state index contributed by atoms with van der Waals surface area (Å²) in [6.45, 7) is 4.48. The monoisotopic (exact) mass is 311 g/mol. The molecule has 20 heavy (non-hydrogen) atoms. The SMILES string of the molecule is CCCC[P+](=S)N(C)/N=C/c1ccc(OCCC)cc1. The highest BCUT2D eigenvalue weighted by molar-refractivity contribution is 8.04. The maximum atomic E-state index is 5.55. The largest absolute Gasteiger partial charge is 0.494 e. The molecule has 110 valence electrons. The Morgan fingerprint density at radius 2 is 1.95 bits per heavy atom. The van der Waals surface area contributed by atoms with Crippen LogP contribution >= 0.6 is 6.85 Å². The van der Waals surface area contributed by atoms with Gasteiger partial charge in [-0.1, -0.05) is 20.3 Å². The fourth-order valence-electron chi connectivity index (χ4n) is 1.52. The van der Waals surface area contributed by atoms with Crippen LogP contribution in [0, 0.1) is 0 Å². The lowest BCUT2D eigenvalue weighted by atomic mass is 10.2. The molecular weight excluding hydrogens is 287 g/mol. The van der Waals surface area contributed by atoms with Crippen LogP contribution in [0.25, 0.3) is 0 Å². The molecule has 0 aromatic heterocycles. The molecule has 1 atom stereocenters. The van der Waals surface area contributed by atoms with E-state index >= 15 is 0 Å². The van der Waals surface area contributed by atoms with Crippen LogP contribution in [0.3, 0.4) is 0 Å². The average Bonchev–Trinajstić information content (AvgIpc) is 2.49. The van der Waals surface area contributed by atoms with Crippen molar-refractivity contribution in [3.63, 3.8) is 0 Å². The van der Waals surface area contributed by atoms with E-state index in [1.165, 1.54) is 12.8 Å². The van der Waals surface area contributed by atoms with Crippen LogP contribution in [0.4, 0.5) is 0 Å². The Hall–Kier alpha value is -0.990. The molecule has 0 N–H and O–H groups in total. The van der Waals surface area contributed by atoms with Gasteiger partial charge in [0.15, 0.2) is 11.8 Å². The maximum absolute atomic E-state index is 5.55. The first-order valence-corrected chi connectivity index (χ1v) is 9.61. The van der Waals surface area contributed by atoms with Crippen LogP contribution in [0.15, 0.2) is 29.4 Å². The number of benzene rings is 1. The van der Waals surface area contributed by atoms with E-state index in [9.17, 15) is 0 Å². The summed E-state index contributed by atoms with van der Waals surface area (Å²) in [5, 5.41) is 4.43. The molecule has 0 amide bonds. The first kappa shape index (κ1) is 17.1. The molecular formula is C15H24N2OPS+. The second kappa shape index (κ2) is 9.84. The minimum absolute atomic E-state index is 0.564. The van der Waals surface area contributed by atoms with Gasteiger partial charge in [-0.15, -0.1) is 9.88 Å². The molecule has 0 spiro atoms. The van der Waals surface area contributed by atoms with E-state index in [-0.39, 0.29) is 0 Å². The van der Waals surface area contributed by atoms with E-state index in [0.29, 0.717) is 0 Å². The number of hydrogen-bond donors (Lipinski definition) is 0. The van der Waals surface area contributed by atoms with Gasteiger partial charge >= 0.3 is 6.85 Å². The van der Waals surface area contributed by atoms with Gasteiger partial charge in [0, 0.05) is 0 Å². The zero-order chi connectivity index (χ0) is 14.8. The van der Waals surface area contributed by atoms with Gasteiger partial charge in [0.05, 0.1) is 19.9 Å². The van der Waals surface area contributed by atoms with E-state index in [1.54, 1.807) is 0 Å². The normalized spacial score (nSPS) is 11.7. The van der Waals surface area contributed by atoms with Crippen molar-refractivity contribution in [2.45, 2.75) is 33.1 Å². The van der Waals surface area contributed by atoms with Crippen molar-refractivity contribution >= 4 is 24.9 Å². The summed E-state index contributed by atoms with van der Waals surface area (Å²) in [6.07, 6.45) is 6.31. The summed E-state index contributed by atoms with van der Waals surface area (Å²) in [6, 6.07) is 7.98. The van der Waals surface area contributed by atoms with Crippen LogP contribution in [0.5, 0.6) is 5.75 Å². The molecule has 0 heterocycles. The van der Waals surface area contributed by atoms with Crippen LogP contribution in [-0.4, -0.2) is 30.8 Å². The fraction of sp³-hybridized carbons (Fsp3) is 0.533. The van der Waals surface area contributed by atoms with Gasteiger partial charge < -0.3 is 4.74 Å². The molecule has 1 rings (SSSR count). The smallest absolute Gasteiger partial charge is 0.310 e. The predicted octanol–water partition coefficient (Wildman–Crippen LogP) is 4.40. The third kappa shape index (κ3) is 6.44. The topological polar surface area (TPSA) is 24.8 Å². The molecule has 1 unspecified atom stereocenters. The number of rotatable bonds is 9. The molecule has 0 saturated heterocycles. The lowest BCUT2D eigenvalue weighted by Crippen LogP contribution is -2.02. The summed E-state index contributed by atoms with van der Waals surface area (Å²) < 4.78 is 7.47. The Bertz CT molecular complexity index is 434. The average molecular weight is 311 g/mol. The van der Waals surface area contributed by atoms with E-state index in [4.69, 9.17) is 16.5 Å². The second-order valence-corrected chi connectivity index (χ2v) is 7.58. The minimum atomic E-state index is -0.564. The van der Waals surface area contributed by atoms with E-state index in [1.807, 2.05) is 42.3 Å². The first-order valence-electron chi connectivity index (χ1n) is 7.12. The van der Waals surface area contributed by atoms with Crippen molar-refractivity contribution in [1.82, 2.24) is 4.78 Å².